The van der Waals surface area contributed by atoms with Crippen LogP contribution in [0, 0.1) is 0 Å². The molecule has 0 aliphatic rings. The van der Waals surface area contributed by atoms with Crippen molar-refractivity contribution in [3.63, 3.8) is 0 Å². The Labute approximate surface area is 173 Å². The molecule has 134 valence electrons. The number of rotatable bonds is 5. The Bertz CT molecular complexity index is 1060. The molecule has 0 aliphatic heterocycles. The molecular weight excluding hydrogens is 440 g/mol. The van der Waals surface area contributed by atoms with E-state index in [0.29, 0.717) is 10.7 Å². The van der Waals surface area contributed by atoms with Crippen molar-refractivity contribution < 1.29 is 4.79 Å². The zero-order chi connectivity index (χ0) is 18.6. The van der Waals surface area contributed by atoms with E-state index >= 15 is 0 Å². The van der Waals surface area contributed by atoms with E-state index in [4.69, 9.17) is 0 Å². The molecule has 0 bridgehead atoms. The van der Waals surface area contributed by atoms with E-state index in [1.54, 1.807) is 11.3 Å². The van der Waals surface area contributed by atoms with E-state index in [1.807, 2.05) is 60.0 Å². The average molecular weight is 455 g/mol. The molecular formula is C21H15BrN2OS2. The van der Waals surface area contributed by atoms with Gasteiger partial charge in [0, 0.05) is 10.9 Å². The van der Waals surface area contributed by atoms with Crippen LogP contribution in [0.25, 0.3) is 10.6 Å². The second kappa shape index (κ2) is 8.17. The van der Waals surface area contributed by atoms with Crippen molar-refractivity contribution in [1.29, 1.82) is 0 Å². The summed E-state index contributed by atoms with van der Waals surface area (Å²) < 4.78 is 1.06. The third-order valence-electron chi connectivity index (χ3n) is 4.02. The molecule has 0 fully saturated rings. The van der Waals surface area contributed by atoms with Crippen molar-refractivity contribution in [2.24, 2.45) is 0 Å². The van der Waals surface area contributed by atoms with E-state index in [2.05, 4.69) is 38.4 Å². The molecule has 2 aromatic carbocycles. The zero-order valence-electron chi connectivity index (χ0n) is 14.2. The summed E-state index contributed by atoms with van der Waals surface area (Å²) in [6.45, 7) is 0. The summed E-state index contributed by atoms with van der Waals surface area (Å²) >= 11 is 6.51. The topological polar surface area (TPSA) is 42.0 Å². The first-order valence-corrected chi connectivity index (χ1v) is 10.8. The SMILES string of the molecule is O=C(Nc1nc(-c2ccc(Br)s2)cs1)c1ccc(Cc2ccccc2)cc1. The van der Waals surface area contributed by atoms with Gasteiger partial charge in [-0.25, -0.2) is 4.98 Å². The Morgan fingerprint density at radius 3 is 2.41 bits per heavy atom. The highest BCUT2D eigenvalue weighted by atomic mass is 79.9. The lowest BCUT2D eigenvalue weighted by atomic mass is 10.0. The molecule has 0 saturated carbocycles. The molecule has 0 spiro atoms. The second-order valence-electron chi connectivity index (χ2n) is 5.96. The van der Waals surface area contributed by atoms with Crippen LogP contribution in [-0.4, -0.2) is 10.9 Å². The molecule has 0 unspecified atom stereocenters. The first-order valence-electron chi connectivity index (χ1n) is 8.33. The quantitative estimate of drug-likeness (QED) is 0.374. The third kappa shape index (κ3) is 4.53. The van der Waals surface area contributed by atoms with Crippen LogP contribution >= 0.6 is 38.6 Å². The minimum Gasteiger partial charge on any atom is -0.298 e. The maximum atomic E-state index is 12.5. The number of hydrogen-bond acceptors (Lipinski definition) is 4. The van der Waals surface area contributed by atoms with E-state index in [-0.39, 0.29) is 5.91 Å². The molecule has 1 amide bonds. The summed E-state index contributed by atoms with van der Waals surface area (Å²) in [5.41, 5.74) is 3.94. The Kier molecular flexibility index (Phi) is 5.48. The highest BCUT2D eigenvalue weighted by Gasteiger charge is 2.11. The number of hydrogen-bond donors (Lipinski definition) is 1. The van der Waals surface area contributed by atoms with E-state index in [0.717, 1.165) is 20.8 Å². The van der Waals surface area contributed by atoms with Crippen LogP contribution in [0.2, 0.25) is 0 Å². The molecule has 1 N–H and O–H groups in total. The Balaban J connectivity index is 1.42. The van der Waals surface area contributed by atoms with Gasteiger partial charge in [-0.2, -0.15) is 0 Å². The van der Waals surface area contributed by atoms with Crippen LogP contribution in [0.15, 0.2) is 75.9 Å². The summed E-state index contributed by atoms with van der Waals surface area (Å²) in [7, 11) is 0. The van der Waals surface area contributed by atoms with E-state index in [1.165, 1.54) is 22.5 Å². The van der Waals surface area contributed by atoms with Crippen molar-refractivity contribution in [2.75, 3.05) is 5.32 Å². The van der Waals surface area contributed by atoms with Crippen LogP contribution in [0.4, 0.5) is 5.13 Å². The van der Waals surface area contributed by atoms with Crippen molar-refractivity contribution in [1.82, 2.24) is 4.98 Å². The minimum absolute atomic E-state index is 0.144. The highest BCUT2D eigenvalue weighted by molar-refractivity contribution is 9.11. The van der Waals surface area contributed by atoms with Gasteiger partial charge in [0.2, 0.25) is 0 Å². The monoisotopic (exact) mass is 454 g/mol. The third-order valence-corrected chi connectivity index (χ3v) is 6.42. The fourth-order valence-electron chi connectivity index (χ4n) is 2.67. The number of benzene rings is 2. The molecule has 2 aromatic heterocycles. The van der Waals surface area contributed by atoms with Gasteiger partial charge in [0.05, 0.1) is 14.4 Å². The van der Waals surface area contributed by atoms with Gasteiger partial charge in [-0.05, 0) is 57.7 Å². The number of aromatic nitrogens is 1. The van der Waals surface area contributed by atoms with Crippen molar-refractivity contribution >= 4 is 49.6 Å². The van der Waals surface area contributed by atoms with Gasteiger partial charge in [0.25, 0.3) is 5.91 Å². The molecule has 0 radical (unpaired) electrons. The Hall–Kier alpha value is -2.28. The molecule has 0 atom stereocenters. The number of halogens is 1. The number of carbonyl (C=O) groups is 1. The smallest absolute Gasteiger partial charge is 0.257 e. The number of thiazole rings is 1. The number of amides is 1. The van der Waals surface area contributed by atoms with Gasteiger partial charge >= 0.3 is 0 Å². The Morgan fingerprint density at radius 1 is 0.963 bits per heavy atom. The number of nitrogens with zero attached hydrogens (tertiary/aromatic N) is 1. The molecule has 2 heterocycles. The van der Waals surface area contributed by atoms with Crippen LogP contribution in [0.1, 0.15) is 21.5 Å². The molecule has 4 rings (SSSR count). The molecule has 6 heteroatoms. The molecule has 27 heavy (non-hydrogen) atoms. The fourth-order valence-corrected chi connectivity index (χ4v) is 4.80. The lowest BCUT2D eigenvalue weighted by Crippen LogP contribution is -2.11. The normalized spacial score (nSPS) is 10.7. The maximum absolute atomic E-state index is 12.5. The molecule has 0 saturated heterocycles. The maximum Gasteiger partial charge on any atom is 0.257 e. The van der Waals surface area contributed by atoms with Crippen LogP contribution in [-0.2, 0) is 6.42 Å². The molecule has 3 nitrogen and oxygen atoms in total. The summed E-state index contributed by atoms with van der Waals surface area (Å²) in [6, 6.07) is 22.0. The van der Waals surface area contributed by atoms with Gasteiger partial charge < -0.3 is 0 Å². The van der Waals surface area contributed by atoms with Crippen molar-refractivity contribution in [3.8, 4) is 10.6 Å². The number of thiophene rings is 1. The second-order valence-corrected chi connectivity index (χ2v) is 9.28. The van der Waals surface area contributed by atoms with Gasteiger partial charge in [-0.15, -0.1) is 22.7 Å². The summed E-state index contributed by atoms with van der Waals surface area (Å²) in [4.78, 5) is 18.1. The first-order chi connectivity index (χ1) is 13.2. The number of carbonyl (C=O) groups excluding carboxylic acids is 1. The van der Waals surface area contributed by atoms with Crippen LogP contribution in [0.5, 0.6) is 0 Å². The summed E-state index contributed by atoms with van der Waals surface area (Å²) in [5.74, 6) is -0.144. The standard InChI is InChI=1S/C21H15BrN2OS2/c22-19-11-10-18(27-19)17-13-26-21(23-17)24-20(25)16-8-6-15(7-9-16)12-14-4-2-1-3-5-14/h1-11,13H,12H2,(H,23,24,25). The predicted molar refractivity (Wildman–Crippen MR) is 117 cm³/mol. The van der Waals surface area contributed by atoms with Gasteiger partial charge in [0.1, 0.15) is 0 Å². The fraction of sp³-hybridized carbons (Fsp3) is 0.0476. The average Bonchev–Trinajstić information content (AvgIpc) is 3.32. The minimum atomic E-state index is -0.144. The van der Waals surface area contributed by atoms with Gasteiger partial charge in [-0.1, -0.05) is 42.5 Å². The van der Waals surface area contributed by atoms with Crippen molar-refractivity contribution in [2.45, 2.75) is 6.42 Å². The zero-order valence-corrected chi connectivity index (χ0v) is 17.4. The van der Waals surface area contributed by atoms with Gasteiger partial charge in [-0.3, -0.25) is 10.1 Å². The number of anilines is 1. The first kappa shape index (κ1) is 18.1. The highest BCUT2D eigenvalue weighted by Crippen LogP contribution is 2.33. The Morgan fingerprint density at radius 2 is 1.70 bits per heavy atom. The van der Waals surface area contributed by atoms with E-state index in [9.17, 15) is 4.79 Å². The molecule has 0 aliphatic carbocycles. The van der Waals surface area contributed by atoms with Gasteiger partial charge in [0.15, 0.2) is 5.13 Å². The molecule has 4 aromatic rings. The van der Waals surface area contributed by atoms with Crippen molar-refractivity contribution in [3.05, 3.63) is 92.6 Å². The predicted octanol–water partition coefficient (Wildman–Crippen LogP) is 6.48. The number of nitrogens with one attached hydrogen (secondary N) is 1. The summed E-state index contributed by atoms with van der Waals surface area (Å²) in [5, 5.41) is 5.45. The lowest BCUT2D eigenvalue weighted by Gasteiger charge is -2.05. The lowest BCUT2D eigenvalue weighted by molar-refractivity contribution is 0.102. The van der Waals surface area contributed by atoms with Crippen LogP contribution < -0.4 is 5.32 Å². The van der Waals surface area contributed by atoms with Crippen LogP contribution in [0.3, 0.4) is 0 Å². The summed E-state index contributed by atoms with van der Waals surface area (Å²) in [6.07, 6.45) is 0.856. The largest absolute Gasteiger partial charge is 0.298 e. The van der Waals surface area contributed by atoms with E-state index < -0.39 is 0 Å².